The minimum atomic E-state index is 0.0634. The first-order chi connectivity index (χ1) is 7.09. The van der Waals surface area contributed by atoms with Crippen LogP contribution in [-0.4, -0.2) is 24.3 Å². The van der Waals surface area contributed by atoms with Crippen LogP contribution in [0.5, 0.6) is 0 Å². The third-order valence-electron chi connectivity index (χ3n) is 4.02. The van der Waals surface area contributed by atoms with E-state index in [-0.39, 0.29) is 12.0 Å². The first-order valence-electron chi connectivity index (χ1n) is 6.44. The highest BCUT2D eigenvalue weighted by Gasteiger charge is 2.23. The van der Waals surface area contributed by atoms with Gasteiger partial charge in [0.2, 0.25) is 0 Å². The molecule has 2 N–H and O–H groups in total. The van der Waals surface area contributed by atoms with Gasteiger partial charge in [-0.25, -0.2) is 0 Å². The van der Waals surface area contributed by atoms with Crippen molar-refractivity contribution in [2.24, 2.45) is 11.3 Å². The van der Waals surface area contributed by atoms with Crippen LogP contribution in [0.2, 0.25) is 0 Å². The zero-order valence-corrected chi connectivity index (χ0v) is 10.6. The van der Waals surface area contributed by atoms with Crippen LogP contribution in [0.1, 0.15) is 52.9 Å². The van der Waals surface area contributed by atoms with Gasteiger partial charge in [0.1, 0.15) is 0 Å². The van der Waals surface area contributed by atoms with E-state index < -0.39 is 0 Å². The van der Waals surface area contributed by atoms with Gasteiger partial charge in [0.05, 0.1) is 0 Å². The fourth-order valence-electron chi connectivity index (χ4n) is 2.03. The SMILES string of the molecule is CCC(C)(CO)CNC(C)CC1CCC1. The Morgan fingerprint density at radius 1 is 1.47 bits per heavy atom. The summed E-state index contributed by atoms with van der Waals surface area (Å²) in [6.45, 7) is 7.79. The van der Waals surface area contributed by atoms with E-state index in [1.807, 2.05) is 0 Å². The molecule has 0 aromatic carbocycles. The molecule has 0 spiro atoms. The van der Waals surface area contributed by atoms with Gasteiger partial charge >= 0.3 is 0 Å². The number of rotatable bonds is 7. The third kappa shape index (κ3) is 4.12. The number of aliphatic hydroxyl groups excluding tert-OH is 1. The predicted octanol–water partition coefficient (Wildman–Crippen LogP) is 2.56. The first kappa shape index (κ1) is 13.0. The first-order valence-corrected chi connectivity index (χ1v) is 6.44. The molecule has 0 aliphatic heterocycles. The van der Waals surface area contributed by atoms with E-state index in [9.17, 15) is 5.11 Å². The van der Waals surface area contributed by atoms with Crippen LogP contribution >= 0.6 is 0 Å². The van der Waals surface area contributed by atoms with Crippen molar-refractivity contribution in [1.29, 1.82) is 0 Å². The molecule has 1 aliphatic carbocycles. The minimum absolute atomic E-state index is 0.0634. The summed E-state index contributed by atoms with van der Waals surface area (Å²) in [5.74, 6) is 0.967. The van der Waals surface area contributed by atoms with Crippen molar-refractivity contribution in [3.63, 3.8) is 0 Å². The zero-order valence-electron chi connectivity index (χ0n) is 10.6. The minimum Gasteiger partial charge on any atom is -0.396 e. The van der Waals surface area contributed by atoms with Crippen molar-refractivity contribution >= 4 is 0 Å². The van der Waals surface area contributed by atoms with Crippen LogP contribution in [-0.2, 0) is 0 Å². The van der Waals surface area contributed by atoms with E-state index >= 15 is 0 Å². The van der Waals surface area contributed by atoms with Crippen molar-refractivity contribution in [3.8, 4) is 0 Å². The molecule has 2 heteroatoms. The highest BCUT2D eigenvalue weighted by atomic mass is 16.3. The van der Waals surface area contributed by atoms with Crippen LogP contribution < -0.4 is 5.32 Å². The molecule has 0 heterocycles. The molecular formula is C13H27NO. The second-order valence-electron chi connectivity index (χ2n) is 5.64. The second kappa shape index (κ2) is 5.86. The number of nitrogens with one attached hydrogen (secondary N) is 1. The van der Waals surface area contributed by atoms with E-state index in [1.165, 1.54) is 25.7 Å². The summed E-state index contributed by atoms with van der Waals surface area (Å²) in [6.07, 6.45) is 6.63. The standard InChI is InChI=1S/C13H27NO/c1-4-13(3,10-15)9-14-11(2)8-12-6-5-7-12/h11-12,14-15H,4-10H2,1-3H3. The molecule has 0 saturated heterocycles. The quantitative estimate of drug-likeness (QED) is 0.681. The molecule has 2 atom stereocenters. The zero-order chi connectivity index (χ0) is 11.3. The van der Waals surface area contributed by atoms with E-state index in [0.717, 1.165) is 18.9 Å². The van der Waals surface area contributed by atoms with Gasteiger partial charge < -0.3 is 10.4 Å². The maximum atomic E-state index is 9.30. The fraction of sp³-hybridized carbons (Fsp3) is 1.00. The van der Waals surface area contributed by atoms with Crippen molar-refractivity contribution < 1.29 is 5.11 Å². The highest BCUT2D eigenvalue weighted by molar-refractivity contribution is 4.79. The summed E-state index contributed by atoms with van der Waals surface area (Å²) in [7, 11) is 0. The molecular weight excluding hydrogens is 186 g/mol. The van der Waals surface area contributed by atoms with E-state index in [1.54, 1.807) is 0 Å². The molecule has 1 aliphatic rings. The Hall–Kier alpha value is -0.0800. The number of aliphatic hydroxyl groups is 1. The summed E-state index contributed by atoms with van der Waals surface area (Å²) in [4.78, 5) is 0. The van der Waals surface area contributed by atoms with Gasteiger partial charge in [0.25, 0.3) is 0 Å². The molecule has 0 aromatic rings. The largest absolute Gasteiger partial charge is 0.396 e. The third-order valence-corrected chi connectivity index (χ3v) is 4.02. The van der Waals surface area contributed by atoms with Crippen LogP contribution in [0.15, 0.2) is 0 Å². The van der Waals surface area contributed by atoms with Gasteiger partial charge in [0, 0.05) is 24.6 Å². The van der Waals surface area contributed by atoms with Crippen LogP contribution in [0.25, 0.3) is 0 Å². The molecule has 1 fully saturated rings. The average molecular weight is 213 g/mol. The lowest BCUT2D eigenvalue weighted by Crippen LogP contribution is -2.40. The Labute approximate surface area is 94.5 Å². The van der Waals surface area contributed by atoms with Crippen molar-refractivity contribution in [3.05, 3.63) is 0 Å². The Morgan fingerprint density at radius 2 is 2.13 bits per heavy atom. The van der Waals surface area contributed by atoms with Gasteiger partial charge in [-0.3, -0.25) is 0 Å². The van der Waals surface area contributed by atoms with E-state index in [0.29, 0.717) is 6.04 Å². The fourth-order valence-corrected chi connectivity index (χ4v) is 2.03. The maximum absolute atomic E-state index is 9.30. The molecule has 2 unspecified atom stereocenters. The summed E-state index contributed by atoms with van der Waals surface area (Å²) in [6, 6.07) is 0.604. The van der Waals surface area contributed by atoms with Crippen LogP contribution in [0.3, 0.4) is 0 Å². The Kier molecular flexibility index (Phi) is 5.07. The lowest BCUT2D eigenvalue weighted by molar-refractivity contribution is 0.129. The van der Waals surface area contributed by atoms with Crippen LogP contribution in [0, 0.1) is 11.3 Å². The molecule has 15 heavy (non-hydrogen) atoms. The van der Waals surface area contributed by atoms with E-state index in [4.69, 9.17) is 0 Å². The highest BCUT2D eigenvalue weighted by Crippen LogP contribution is 2.30. The molecule has 1 saturated carbocycles. The average Bonchev–Trinajstić information content (AvgIpc) is 2.20. The van der Waals surface area contributed by atoms with Crippen molar-refractivity contribution in [2.45, 2.75) is 58.9 Å². The lowest BCUT2D eigenvalue weighted by atomic mass is 9.81. The van der Waals surface area contributed by atoms with Gasteiger partial charge in [-0.15, -0.1) is 0 Å². The number of hydrogen-bond acceptors (Lipinski definition) is 2. The molecule has 0 bridgehead atoms. The predicted molar refractivity (Wildman–Crippen MR) is 64.9 cm³/mol. The topological polar surface area (TPSA) is 32.3 Å². The van der Waals surface area contributed by atoms with Gasteiger partial charge in [-0.1, -0.05) is 33.1 Å². The monoisotopic (exact) mass is 213 g/mol. The summed E-state index contributed by atoms with van der Waals surface area (Å²) < 4.78 is 0. The van der Waals surface area contributed by atoms with Gasteiger partial charge in [-0.05, 0) is 25.7 Å². The van der Waals surface area contributed by atoms with Gasteiger partial charge in [0.15, 0.2) is 0 Å². The smallest absolute Gasteiger partial charge is 0.0496 e. The molecule has 0 amide bonds. The number of hydrogen-bond donors (Lipinski definition) is 2. The molecule has 0 aromatic heterocycles. The normalized spacial score (nSPS) is 23.2. The Balaban J connectivity index is 2.16. The van der Waals surface area contributed by atoms with Crippen molar-refractivity contribution in [2.75, 3.05) is 13.2 Å². The van der Waals surface area contributed by atoms with Crippen LogP contribution in [0.4, 0.5) is 0 Å². The van der Waals surface area contributed by atoms with Gasteiger partial charge in [-0.2, -0.15) is 0 Å². The molecule has 0 radical (unpaired) electrons. The molecule has 90 valence electrons. The van der Waals surface area contributed by atoms with E-state index in [2.05, 4.69) is 26.1 Å². The second-order valence-corrected chi connectivity index (χ2v) is 5.64. The lowest BCUT2D eigenvalue weighted by Gasteiger charge is -2.32. The molecule has 1 rings (SSSR count). The summed E-state index contributed by atoms with van der Waals surface area (Å²) in [5.41, 5.74) is 0.0634. The summed E-state index contributed by atoms with van der Waals surface area (Å²) in [5, 5.41) is 12.9. The Morgan fingerprint density at radius 3 is 2.53 bits per heavy atom. The van der Waals surface area contributed by atoms with Crippen molar-refractivity contribution in [1.82, 2.24) is 5.32 Å². The summed E-state index contributed by atoms with van der Waals surface area (Å²) >= 11 is 0. The Bertz CT molecular complexity index is 173. The molecule has 2 nitrogen and oxygen atoms in total. The maximum Gasteiger partial charge on any atom is 0.0496 e.